The van der Waals surface area contributed by atoms with Crippen LogP contribution in [-0.2, 0) is 7.05 Å². The SMILES string of the molecule is COc1c(-c2ncc3nc(C)ccc3n2)cc2cn(C)nc2c1F. The predicted octanol–water partition coefficient (Wildman–Crippen LogP) is 3.03. The van der Waals surface area contributed by atoms with Crippen LogP contribution in [0.1, 0.15) is 5.69 Å². The number of pyridine rings is 1. The zero-order valence-corrected chi connectivity index (χ0v) is 13.4. The topological polar surface area (TPSA) is 65.7 Å². The van der Waals surface area contributed by atoms with Gasteiger partial charge >= 0.3 is 0 Å². The molecule has 1 aromatic carbocycles. The van der Waals surface area contributed by atoms with Crippen molar-refractivity contribution in [3.63, 3.8) is 0 Å². The van der Waals surface area contributed by atoms with Gasteiger partial charge in [-0.25, -0.2) is 19.3 Å². The average Bonchev–Trinajstić information content (AvgIpc) is 2.95. The van der Waals surface area contributed by atoms with Crippen molar-refractivity contribution in [3.8, 4) is 17.1 Å². The van der Waals surface area contributed by atoms with Crippen LogP contribution in [0.2, 0.25) is 0 Å². The van der Waals surface area contributed by atoms with Crippen molar-refractivity contribution in [1.29, 1.82) is 0 Å². The Kier molecular flexibility index (Phi) is 3.16. The summed E-state index contributed by atoms with van der Waals surface area (Å²) in [5.74, 6) is -0.0494. The second-order valence-corrected chi connectivity index (χ2v) is 5.56. The highest BCUT2D eigenvalue weighted by molar-refractivity contribution is 5.88. The third-order valence-corrected chi connectivity index (χ3v) is 3.83. The molecule has 120 valence electrons. The summed E-state index contributed by atoms with van der Waals surface area (Å²) in [6, 6.07) is 5.53. The lowest BCUT2D eigenvalue weighted by atomic mass is 10.1. The number of nitrogens with zero attached hydrogens (tertiary/aromatic N) is 5. The van der Waals surface area contributed by atoms with Crippen LogP contribution < -0.4 is 4.74 Å². The summed E-state index contributed by atoms with van der Waals surface area (Å²) in [5, 5.41) is 4.79. The number of ether oxygens (including phenoxy) is 1. The van der Waals surface area contributed by atoms with Crippen LogP contribution in [0.25, 0.3) is 33.3 Å². The average molecular weight is 323 g/mol. The Labute approximate surface area is 136 Å². The van der Waals surface area contributed by atoms with E-state index in [9.17, 15) is 4.39 Å². The van der Waals surface area contributed by atoms with E-state index in [1.54, 1.807) is 30.2 Å². The molecule has 3 heterocycles. The maximum absolute atomic E-state index is 14.7. The van der Waals surface area contributed by atoms with E-state index in [0.29, 0.717) is 27.8 Å². The number of hydrogen-bond donors (Lipinski definition) is 0. The molecule has 24 heavy (non-hydrogen) atoms. The quantitative estimate of drug-likeness (QED) is 0.567. The zero-order chi connectivity index (χ0) is 16.8. The number of fused-ring (bicyclic) bond motifs is 2. The summed E-state index contributed by atoms with van der Waals surface area (Å²) in [5.41, 5.74) is 3.02. The van der Waals surface area contributed by atoms with E-state index in [0.717, 1.165) is 5.69 Å². The smallest absolute Gasteiger partial charge is 0.193 e. The number of aryl methyl sites for hydroxylation is 2. The minimum atomic E-state index is -0.517. The summed E-state index contributed by atoms with van der Waals surface area (Å²) < 4.78 is 21.5. The van der Waals surface area contributed by atoms with Crippen LogP contribution >= 0.6 is 0 Å². The number of halogens is 1. The Balaban J connectivity index is 1.99. The van der Waals surface area contributed by atoms with Crippen LogP contribution in [0.5, 0.6) is 5.75 Å². The van der Waals surface area contributed by atoms with E-state index in [-0.39, 0.29) is 11.3 Å². The van der Waals surface area contributed by atoms with E-state index in [1.165, 1.54) is 7.11 Å². The largest absolute Gasteiger partial charge is 0.493 e. The maximum atomic E-state index is 14.7. The fourth-order valence-electron chi connectivity index (χ4n) is 2.75. The summed E-state index contributed by atoms with van der Waals surface area (Å²) in [6.07, 6.45) is 3.38. The highest BCUT2D eigenvalue weighted by atomic mass is 19.1. The third kappa shape index (κ3) is 2.17. The van der Waals surface area contributed by atoms with Gasteiger partial charge in [0, 0.05) is 24.3 Å². The zero-order valence-electron chi connectivity index (χ0n) is 13.4. The Hall–Kier alpha value is -3.09. The van der Waals surface area contributed by atoms with Gasteiger partial charge in [0.15, 0.2) is 17.4 Å². The van der Waals surface area contributed by atoms with Crippen molar-refractivity contribution in [2.24, 2.45) is 7.05 Å². The number of benzene rings is 1. The van der Waals surface area contributed by atoms with Crippen molar-refractivity contribution in [2.45, 2.75) is 6.92 Å². The molecule has 0 aliphatic carbocycles. The molecule has 0 aliphatic rings. The highest BCUT2D eigenvalue weighted by Gasteiger charge is 2.20. The van der Waals surface area contributed by atoms with E-state index in [2.05, 4.69) is 20.1 Å². The minimum absolute atomic E-state index is 0.0839. The van der Waals surface area contributed by atoms with Gasteiger partial charge in [0.05, 0.1) is 24.4 Å². The van der Waals surface area contributed by atoms with E-state index in [4.69, 9.17) is 4.74 Å². The van der Waals surface area contributed by atoms with E-state index < -0.39 is 5.82 Å². The molecule has 0 amide bonds. The lowest BCUT2D eigenvalue weighted by Gasteiger charge is -2.09. The Bertz CT molecular complexity index is 1090. The van der Waals surface area contributed by atoms with Crippen molar-refractivity contribution in [1.82, 2.24) is 24.7 Å². The summed E-state index contributed by atoms with van der Waals surface area (Å²) in [7, 11) is 3.16. The predicted molar refractivity (Wildman–Crippen MR) is 88.3 cm³/mol. The molecule has 3 aromatic heterocycles. The molecule has 0 bridgehead atoms. The van der Waals surface area contributed by atoms with E-state index >= 15 is 0 Å². The van der Waals surface area contributed by atoms with Crippen LogP contribution in [0, 0.1) is 12.7 Å². The molecule has 7 heteroatoms. The van der Waals surface area contributed by atoms with Crippen molar-refractivity contribution in [2.75, 3.05) is 7.11 Å². The highest BCUT2D eigenvalue weighted by Crippen LogP contribution is 2.35. The number of methoxy groups -OCH3 is 1. The Morgan fingerprint density at radius 3 is 2.79 bits per heavy atom. The van der Waals surface area contributed by atoms with Gasteiger partial charge in [0.1, 0.15) is 11.0 Å². The second kappa shape index (κ2) is 5.23. The summed E-state index contributed by atoms with van der Waals surface area (Å²) >= 11 is 0. The van der Waals surface area contributed by atoms with E-state index in [1.807, 2.05) is 19.1 Å². The molecule has 0 radical (unpaired) electrons. The molecule has 0 fully saturated rings. The first kappa shape index (κ1) is 14.5. The molecular formula is C17H14FN5O. The molecule has 0 N–H and O–H groups in total. The van der Waals surface area contributed by atoms with Crippen molar-refractivity contribution >= 4 is 21.9 Å². The molecule has 0 aliphatic heterocycles. The molecule has 0 saturated heterocycles. The van der Waals surface area contributed by atoms with Crippen LogP contribution in [0.15, 0.2) is 30.6 Å². The number of hydrogen-bond acceptors (Lipinski definition) is 5. The van der Waals surface area contributed by atoms with Gasteiger partial charge in [-0.1, -0.05) is 0 Å². The minimum Gasteiger partial charge on any atom is -0.493 e. The van der Waals surface area contributed by atoms with Gasteiger partial charge < -0.3 is 4.74 Å². The first-order chi connectivity index (χ1) is 11.6. The van der Waals surface area contributed by atoms with Crippen LogP contribution in [0.4, 0.5) is 4.39 Å². The molecule has 6 nitrogen and oxygen atoms in total. The normalized spacial score (nSPS) is 11.3. The lowest BCUT2D eigenvalue weighted by Crippen LogP contribution is -1.98. The molecule has 0 spiro atoms. The van der Waals surface area contributed by atoms with Gasteiger partial charge in [0.25, 0.3) is 0 Å². The Morgan fingerprint density at radius 1 is 1.17 bits per heavy atom. The van der Waals surface area contributed by atoms with Crippen LogP contribution in [-0.4, -0.2) is 31.8 Å². The summed E-state index contributed by atoms with van der Waals surface area (Å²) in [6.45, 7) is 1.90. The van der Waals surface area contributed by atoms with Crippen molar-refractivity contribution < 1.29 is 9.13 Å². The Morgan fingerprint density at radius 2 is 2.00 bits per heavy atom. The fraction of sp³-hybridized carbons (Fsp3) is 0.176. The standard InChI is InChI=1S/C17H14FN5O/c1-9-4-5-12-13(20-9)7-19-17(21-12)11-6-10-8-23(2)22-15(10)14(18)16(11)24-3/h4-8H,1-3H3. The molecule has 4 aromatic rings. The molecular weight excluding hydrogens is 309 g/mol. The number of aromatic nitrogens is 5. The van der Waals surface area contributed by atoms with Gasteiger partial charge in [-0.15, -0.1) is 0 Å². The monoisotopic (exact) mass is 323 g/mol. The van der Waals surface area contributed by atoms with Crippen LogP contribution in [0.3, 0.4) is 0 Å². The first-order valence-corrected chi connectivity index (χ1v) is 7.37. The fourth-order valence-corrected chi connectivity index (χ4v) is 2.75. The maximum Gasteiger partial charge on any atom is 0.193 e. The molecule has 0 saturated carbocycles. The number of rotatable bonds is 2. The second-order valence-electron chi connectivity index (χ2n) is 5.56. The van der Waals surface area contributed by atoms with Gasteiger partial charge in [0.2, 0.25) is 0 Å². The van der Waals surface area contributed by atoms with Gasteiger partial charge in [-0.05, 0) is 25.1 Å². The molecule has 4 rings (SSSR count). The lowest BCUT2D eigenvalue weighted by molar-refractivity contribution is 0.390. The summed E-state index contributed by atoms with van der Waals surface area (Å²) in [4.78, 5) is 13.2. The van der Waals surface area contributed by atoms with Gasteiger partial charge in [-0.2, -0.15) is 5.10 Å². The van der Waals surface area contributed by atoms with Crippen molar-refractivity contribution in [3.05, 3.63) is 42.1 Å². The third-order valence-electron chi connectivity index (χ3n) is 3.83. The molecule has 0 atom stereocenters. The van der Waals surface area contributed by atoms with Gasteiger partial charge in [-0.3, -0.25) is 4.68 Å². The first-order valence-electron chi connectivity index (χ1n) is 7.37. The molecule has 0 unspecified atom stereocenters.